The number of hydrogen-bond donors (Lipinski definition) is 0. The van der Waals surface area contributed by atoms with Crippen molar-refractivity contribution in [3.63, 3.8) is 0 Å². The average Bonchev–Trinajstić information content (AvgIpc) is 1.76. The monoisotopic (exact) mass is 190 g/mol. The van der Waals surface area contributed by atoms with E-state index in [0.29, 0.717) is 0 Å². The molecule has 0 amide bonds. The van der Waals surface area contributed by atoms with E-state index in [1.54, 1.807) is 11.3 Å². The van der Waals surface area contributed by atoms with Crippen molar-refractivity contribution in [3.05, 3.63) is 22.9 Å². The van der Waals surface area contributed by atoms with E-state index in [4.69, 9.17) is 0 Å². The average molecular weight is 191 g/mol. The van der Waals surface area contributed by atoms with Gasteiger partial charge in [0.15, 0.2) is 0 Å². The standard InChI is InChI=1S/C4H4S.BrH.Mg.2H/c1-2-4-5-3-1;;;;/h1-4H;1H;;;/q;;+2;2*-1. The molecular weight excluding hydrogens is 184 g/mol. The van der Waals surface area contributed by atoms with Crippen molar-refractivity contribution in [3.8, 4) is 0 Å². The number of thiophene rings is 1. The second-order valence-corrected chi connectivity index (χ2v) is 1.61. The first-order chi connectivity index (χ1) is 2.50. The SMILES string of the molecule is Br.[H-].[H-].[Mg+2].c1ccsc1. The fourth-order valence-electron chi connectivity index (χ4n) is 0.227. The first kappa shape index (κ1) is 10.8. The van der Waals surface area contributed by atoms with Crippen molar-refractivity contribution in [1.82, 2.24) is 0 Å². The van der Waals surface area contributed by atoms with Crippen LogP contribution in [-0.2, 0) is 0 Å². The van der Waals surface area contributed by atoms with Crippen LogP contribution in [0.5, 0.6) is 0 Å². The van der Waals surface area contributed by atoms with E-state index in [-0.39, 0.29) is 42.9 Å². The van der Waals surface area contributed by atoms with Crippen LogP contribution in [0.15, 0.2) is 22.9 Å². The Bertz CT molecular complexity index is 75.0. The van der Waals surface area contributed by atoms with E-state index in [2.05, 4.69) is 0 Å². The van der Waals surface area contributed by atoms with E-state index in [1.807, 2.05) is 22.9 Å². The van der Waals surface area contributed by atoms with E-state index >= 15 is 0 Å². The van der Waals surface area contributed by atoms with Crippen LogP contribution >= 0.6 is 28.3 Å². The molecule has 0 saturated heterocycles. The van der Waals surface area contributed by atoms with Crippen molar-refractivity contribution in [2.45, 2.75) is 0 Å². The number of hydrogen-bond acceptors (Lipinski definition) is 1. The van der Waals surface area contributed by atoms with Crippen molar-refractivity contribution in [2.24, 2.45) is 0 Å². The summed E-state index contributed by atoms with van der Waals surface area (Å²) >= 11 is 1.71. The van der Waals surface area contributed by atoms with Crippen molar-refractivity contribution in [1.29, 1.82) is 0 Å². The van der Waals surface area contributed by atoms with Gasteiger partial charge in [0, 0.05) is 0 Å². The summed E-state index contributed by atoms with van der Waals surface area (Å²) in [4.78, 5) is 0. The van der Waals surface area contributed by atoms with Gasteiger partial charge in [0.2, 0.25) is 0 Å². The van der Waals surface area contributed by atoms with Gasteiger partial charge in [-0.1, -0.05) is 12.1 Å². The zero-order valence-corrected chi connectivity index (χ0v) is 7.78. The Morgan fingerprint density at radius 3 is 1.71 bits per heavy atom. The predicted octanol–water partition coefficient (Wildman–Crippen LogP) is 2.17. The molecule has 38 valence electrons. The van der Waals surface area contributed by atoms with Crippen molar-refractivity contribution < 1.29 is 2.85 Å². The zero-order valence-electron chi connectivity index (χ0n) is 5.83. The van der Waals surface area contributed by atoms with Gasteiger partial charge in [-0.15, -0.1) is 17.0 Å². The molecule has 0 saturated carbocycles. The molecule has 1 rings (SSSR count). The second kappa shape index (κ2) is 6.95. The molecule has 0 unspecified atom stereocenters. The molecular formula is C4H7BrMgS. The Morgan fingerprint density at radius 1 is 1.14 bits per heavy atom. The van der Waals surface area contributed by atoms with Crippen LogP contribution in [0.25, 0.3) is 0 Å². The molecule has 0 nitrogen and oxygen atoms in total. The normalized spacial score (nSPS) is 5.71. The summed E-state index contributed by atoms with van der Waals surface area (Å²) in [5.41, 5.74) is 0. The summed E-state index contributed by atoms with van der Waals surface area (Å²) < 4.78 is 0. The van der Waals surface area contributed by atoms with Gasteiger partial charge < -0.3 is 2.85 Å². The Kier molecular flexibility index (Phi) is 10.8. The third-order valence-electron chi connectivity index (χ3n) is 0.425. The predicted molar refractivity (Wildman–Crippen MR) is 42.6 cm³/mol. The topological polar surface area (TPSA) is 0 Å². The van der Waals surface area contributed by atoms with E-state index in [1.165, 1.54) is 0 Å². The van der Waals surface area contributed by atoms with Crippen LogP contribution in [-0.4, -0.2) is 23.1 Å². The van der Waals surface area contributed by atoms with Gasteiger partial charge in [0.25, 0.3) is 0 Å². The molecule has 0 aliphatic heterocycles. The molecule has 0 bridgehead atoms. The Balaban J connectivity index is -0.0000000312. The third kappa shape index (κ3) is 4.81. The molecule has 0 atom stereocenters. The minimum atomic E-state index is 0. The van der Waals surface area contributed by atoms with Gasteiger partial charge in [0.1, 0.15) is 0 Å². The summed E-state index contributed by atoms with van der Waals surface area (Å²) in [7, 11) is 0. The summed E-state index contributed by atoms with van der Waals surface area (Å²) in [6.45, 7) is 0. The molecule has 3 heteroatoms. The van der Waals surface area contributed by atoms with Gasteiger partial charge >= 0.3 is 23.1 Å². The third-order valence-corrected chi connectivity index (χ3v) is 1.05. The van der Waals surface area contributed by atoms with Crippen LogP contribution in [0.2, 0.25) is 0 Å². The molecule has 1 aromatic rings. The van der Waals surface area contributed by atoms with Crippen molar-refractivity contribution >= 4 is 51.4 Å². The van der Waals surface area contributed by atoms with Crippen LogP contribution < -0.4 is 0 Å². The molecule has 7 heavy (non-hydrogen) atoms. The van der Waals surface area contributed by atoms with E-state index in [9.17, 15) is 0 Å². The van der Waals surface area contributed by atoms with Crippen LogP contribution in [0.1, 0.15) is 2.85 Å². The minimum Gasteiger partial charge on any atom is -1.00 e. The number of halogens is 1. The Morgan fingerprint density at radius 2 is 1.57 bits per heavy atom. The fourth-order valence-corrected chi connectivity index (χ4v) is 0.680. The molecule has 0 aliphatic carbocycles. The smallest absolute Gasteiger partial charge is 1.00 e. The zero-order chi connectivity index (χ0) is 3.54. The summed E-state index contributed by atoms with van der Waals surface area (Å²) in [6.07, 6.45) is 0. The summed E-state index contributed by atoms with van der Waals surface area (Å²) in [5.74, 6) is 0. The maximum Gasteiger partial charge on any atom is 2.00 e. The van der Waals surface area contributed by atoms with E-state index in [0.717, 1.165) is 0 Å². The molecule has 1 heterocycles. The van der Waals surface area contributed by atoms with Crippen LogP contribution in [0, 0.1) is 0 Å². The Hall–Kier alpha value is 0.946. The molecule has 0 aromatic carbocycles. The van der Waals surface area contributed by atoms with Crippen molar-refractivity contribution in [2.75, 3.05) is 0 Å². The van der Waals surface area contributed by atoms with Gasteiger partial charge in [-0.05, 0) is 10.8 Å². The number of rotatable bonds is 0. The second-order valence-electron chi connectivity index (χ2n) is 0.793. The van der Waals surface area contributed by atoms with Crippen LogP contribution in [0.4, 0.5) is 0 Å². The summed E-state index contributed by atoms with van der Waals surface area (Å²) in [5, 5.41) is 4.08. The van der Waals surface area contributed by atoms with Gasteiger partial charge in [-0.25, -0.2) is 0 Å². The first-order valence-corrected chi connectivity index (χ1v) is 2.41. The maximum absolute atomic E-state index is 2.04. The molecule has 0 spiro atoms. The fraction of sp³-hybridized carbons (Fsp3) is 0. The molecule has 0 aliphatic rings. The van der Waals surface area contributed by atoms with Gasteiger partial charge in [-0.2, -0.15) is 11.3 Å². The van der Waals surface area contributed by atoms with Gasteiger partial charge in [-0.3, -0.25) is 0 Å². The quantitative estimate of drug-likeness (QED) is 0.551. The van der Waals surface area contributed by atoms with Crippen LogP contribution in [0.3, 0.4) is 0 Å². The Labute approximate surface area is 76.8 Å². The maximum atomic E-state index is 2.04. The molecule has 0 radical (unpaired) electrons. The molecule has 0 fully saturated rings. The largest absolute Gasteiger partial charge is 2.00 e. The minimum absolute atomic E-state index is 0. The van der Waals surface area contributed by atoms with Gasteiger partial charge in [0.05, 0.1) is 0 Å². The van der Waals surface area contributed by atoms with E-state index < -0.39 is 0 Å². The summed E-state index contributed by atoms with van der Waals surface area (Å²) in [6, 6.07) is 4.04. The molecule has 0 N–H and O–H groups in total. The molecule has 1 aromatic heterocycles. The first-order valence-electron chi connectivity index (χ1n) is 1.47.